The Kier molecular flexibility index (Phi) is 4.14. The monoisotopic (exact) mass is 316 g/mol. The number of aromatic nitrogens is 2. The molecule has 2 atom stereocenters. The standard InChI is InChI=1S/C13H21BrN2O2/c1-4-10-7-13(17,5-6-18-10)12-11(14)8-15-16(12)9(2)3/h8-10,17H,4-7H2,1-3H3. The average Bonchev–Trinajstić information content (AvgIpc) is 2.72. The van der Waals surface area contributed by atoms with Crippen molar-refractivity contribution in [3.05, 3.63) is 16.4 Å². The van der Waals surface area contributed by atoms with Crippen LogP contribution in [0.5, 0.6) is 0 Å². The van der Waals surface area contributed by atoms with Gasteiger partial charge in [0.15, 0.2) is 0 Å². The number of ether oxygens (including phenoxy) is 1. The number of rotatable bonds is 3. The highest BCUT2D eigenvalue weighted by Gasteiger charge is 2.40. The van der Waals surface area contributed by atoms with Crippen LogP contribution >= 0.6 is 15.9 Å². The minimum Gasteiger partial charge on any atom is -0.383 e. The molecule has 1 aromatic rings. The van der Waals surface area contributed by atoms with Crippen LogP contribution in [0.3, 0.4) is 0 Å². The SMILES string of the molecule is CCC1CC(O)(c2c(Br)cnn2C(C)C)CCO1. The normalized spacial score (nSPS) is 28.9. The summed E-state index contributed by atoms with van der Waals surface area (Å²) in [6.07, 6.45) is 4.09. The lowest BCUT2D eigenvalue weighted by Gasteiger charge is -2.37. The molecule has 0 amide bonds. The van der Waals surface area contributed by atoms with Crippen molar-refractivity contribution in [3.8, 4) is 0 Å². The van der Waals surface area contributed by atoms with E-state index in [0.717, 1.165) is 16.6 Å². The van der Waals surface area contributed by atoms with E-state index in [0.29, 0.717) is 19.4 Å². The molecular formula is C13H21BrN2O2. The van der Waals surface area contributed by atoms with Gasteiger partial charge in [0, 0.05) is 18.9 Å². The first kappa shape index (κ1) is 14.0. The molecule has 1 aliphatic heterocycles. The number of hydrogen-bond acceptors (Lipinski definition) is 3. The van der Waals surface area contributed by atoms with Crippen molar-refractivity contribution in [2.75, 3.05) is 6.61 Å². The van der Waals surface area contributed by atoms with Crippen LogP contribution < -0.4 is 0 Å². The van der Waals surface area contributed by atoms with Crippen molar-refractivity contribution < 1.29 is 9.84 Å². The Morgan fingerprint density at radius 3 is 3.00 bits per heavy atom. The van der Waals surface area contributed by atoms with E-state index in [1.54, 1.807) is 6.20 Å². The highest BCUT2D eigenvalue weighted by atomic mass is 79.9. The minimum atomic E-state index is -0.835. The molecule has 0 aromatic carbocycles. The smallest absolute Gasteiger partial charge is 0.112 e. The van der Waals surface area contributed by atoms with Crippen molar-refractivity contribution in [2.24, 2.45) is 0 Å². The van der Waals surface area contributed by atoms with Gasteiger partial charge in [-0.3, -0.25) is 4.68 Å². The van der Waals surface area contributed by atoms with Gasteiger partial charge >= 0.3 is 0 Å². The Bertz CT molecular complexity index is 419. The van der Waals surface area contributed by atoms with E-state index in [1.807, 2.05) is 4.68 Å². The fraction of sp³-hybridized carbons (Fsp3) is 0.769. The van der Waals surface area contributed by atoms with Gasteiger partial charge < -0.3 is 9.84 Å². The number of hydrogen-bond donors (Lipinski definition) is 1. The van der Waals surface area contributed by atoms with Crippen LogP contribution in [0.4, 0.5) is 0 Å². The number of halogens is 1. The Morgan fingerprint density at radius 1 is 1.67 bits per heavy atom. The third-order valence-corrected chi connectivity index (χ3v) is 4.15. The maximum Gasteiger partial charge on any atom is 0.112 e. The zero-order valence-electron chi connectivity index (χ0n) is 11.2. The molecule has 1 fully saturated rings. The molecule has 0 bridgehead atoms. The maximum atomic E-state index is 11.0. The Morgan fingerprint density at radius 2 is 2.39 bits per heavy atom. The molecule has 0 aliphatic carbocycles. The molecule has 2 unspecified atom stereocenters. The lowest BCUT2D eigenvalue weighted by molar-refractivity contribution is -0.113. The van der Waals surface area contributed by atoms with Gasteiger partial charge in [-0.1, -0.05) is 6.92 Å². The summed E-state index contributed by atoms with van der Waals surface area (Å²) < 4.78 is 8.45. The zero-order chi connectivity index (χ0) is 13.3. The molecule has 102 valence electrons. The van der Waals surface area contributed by atoms with E-state index in [2.05, 4.69) is 41.8 Å². The van der Waals surface area contributed by atoms with Crippen molar-refractivity contribution >= 4 is 15.9 Å². The predicted molar refractivity (Wildman–Crippen MR) is 73.5 cm³/mol. The highest BCUT2D eigenvalue weighted by Crippen LogP contribution is 2.39. The first-order valence-electron chi connectivity index (χ1n) is 6.55. The van der Waals surface area contributed by atoms with E-state index in [4.69, 9.17) is 4.74 Å². The molecule has 4 nitrogen and oxygen atoms in total. The fourth-order valence-corrected chi connectivity index (χ4v) is 3.22. The molecule has 1 aliphatic rings. The second-order valence-corrected chi connectivity index (χ2v) is 6.12. The molecule has 0 saturated carbocycles. The first-order valence-corrected chi connectivity index (χ1v) is 7.34. The van der Waals surface area contributed by atoms with Crippen LogP contribution in [0.15, 0.2) is 10.7 Å². The van der Waals surface area contributed by atoms with Crippen LogP contribution in [0.2, 0.25) is 0 Å². The summed E-state index contributed by atoms with van der Waals surface area (Å²) in [5.74, 6) is 0. The van der Waals surface area contributed by atoms with E-state index in [1.165, 1.54) is 0 Å². The summed E-state index contributed by atoms with van der Waals surface area (Å²) in [6, 6.07) is 0.234. The fourth-order valence-electron chi connectivity index (χ4n) is 2.58. The maximum absolute atomic E-state index is 11.0. The summed E-state index contributed by atoms with van der Waals surface area (Å²) >= 11 is 3.51. The molecule has 0 spiro atoms. The number of aliphatic hydroxyl groups is 1. The van der Waals surface area contributed by atoms with E-state index >= 15 is 0 Å². The van der Waals surface area contributed by atoms with Crippen LogP contribution in [0.1, 0.15) is 51.8 Å². The van der Waals surface area contributed by atoms with Gasteiger partial charge in [0.1, 0.15) is 5.60 Å². The van der Waals surface area contributed by atoms with Crippen LogP contribution in [-0.2, 0) is 10.3 Å². The van der Waals surface area contributed by atoms with E-state index < -0.39 is 5.60 Å². The van der Waals surface area contributed by atoms with Crippen LogP contribution in [-0.4, -0.2) is 27.6 Å². The Labute approximate surface area is 116 Å². The van der Waals surface area contributed by atoms with Gasteiger partial charge in [-0.2, -0.15) is 5.10 Å². The zero-order valence-corrected chi connectivity index (χ0v) is 12.8. The van der Waals surface area contributed by atoms with Crippen molar-refractivity contribution in [1.82, 2.24) is 9.78 Å². The largest absolute Gasteiger partial charge is 0.383 e. The van der Waals surface area contributed by atoms with E-state index in [9.17, 15) is 5.11 Å². The van der Waals surface area contributed by atoms with Gasteiger partial charge in [0.2, 0.25) is 0 Å². The van der Waals surface area contributed by atoms with Crippen LogP contribution in [0.25, 0.3) is 0 Å². The molecule has 1 aromatic heterocycles. The summed E-state index contributed by atoms with van der Waals surface area (Å²) in [5.41, 5.74) is 0.0534. The topological polar surface area (TPSA) is 47.3 Å². The van der Waals surface area contributed by atoms with Crippen LogP contribution in [0, 0.1) is 0 Å². The van der Waals surface area contributed by atoms with Gasteiger partial charge in [0.25, 0.3) is 0 Å². The van der Waals surface area contributed by atoms with Crippen molar-refractivity contribution in [2.45, 2.75) is 57.8 Å². The minimum absolute atomic E-state index is 0.131. The summed E-state index contributed by atoms with van der Waals surface area (Å²) in [5, 5.41) is 15.3. The first-order chi connectivity index (χ1) is 8.48. The van der Waals surface area contributed by atoms with Gasteiger partial charge in [-0.15, -0.1) is 0 Å². The summed E-state index contributed by atoms with van der Waals surface area (Å²) in [7, 11) is 0. The van der Waals surface area contributed by atoms with Gasteiger partial charge in [-0.25, -0.2) is 0 Å². The summed E-state index contributed by atoms with van der Waals surface area (Å²) in [4.78, 5) is 0. The molecule has 5 heteroatoms. The van der Waals surface area contributed by atoms with Crippen molar-refractivity contribution in [3.63, 3.8) is 0 Å². The molecule has 0 radical (unpaired) electrons. The van der Waals surface area contributed by atoms with Crippen molar-refractivity contribution in [1.29, 1.82) is 0 Å². The molecule has 2 rings (SSSR count). The second-order valence-electron chi connectivity index (χ2n) is 5.27. The predicted octanol–water partition coefficient (Wildman–Crippen LogP) is 3.00. The Hall–Kier alpha value is -0.390. The lowest BCUT2D eigenvalue weighted by atomic mass is 9.86. The molecule has 1 N–H and O–H groups in total. The van der Waals surface area contributed by atoms with Gasteiger partial charge in [0.05, 0.1) is 29.1 Å². The molecule has 2 heterocycles. The Balaban J connectivity index is 2.37. The lowest BCUT2D eigenvalue weighted by Crippen LogP contribution is -2.40. The molecular weight excluding hydrogens is 296 g/mol. The molecule has 1 saturated heterocycles. The third-order valence-electron chi connectivity index (χ3n) is 3.57. The average molecular weight is 317 g/mol. The summed E-state index contributed by atoms with van der Waals surface area (Å²) in [6.45, 7) is 6.84. The highest BCUT2D eigenvalue weighted by molar-refractivity contribution is 9.10. The van der Waals surface area contributed by atoms with E-state index in [-0.39, 0.29) is 12.1 Å². The third kappa shape index (κ3) is 2.49. The van der Waals surface area contributed by atoms with Gasteiger partial charge in [-0.05, 0) is 36.2 Å². The second kappa shape index (κ2) is 5.31. The number of nitrogens with zero attached hydrogens (tertiary/aromatic N) is 2. The quantitative estimate of drug-likeness (QED) is 0.932. The molecule has 18 heavy (non-hydrogen) atoms.